The summed E-state index contributed by atoms with van der Waals surface area (Å²) in [6.07, 6.45) is 7.56. The average molecular weight is 482 g/mol. The van der Waals surface area contributed by atoms with E-state index in [0.29, 0.717) is 18.4 Å². The molecule has 3 aromatic rings. The highest BCUT2D eigenvalue weighted by Gasteiger charge is 2.32. The third-order valence-corrected chi connectivity index (χ3v) is 6.99. The molecule has 0 N–H and O–H groups in total. The van der Waals surface area contributed by atoms with Crippen molar-refractivity contribution < 1.29 is 9.47 Å². The van der Waals surface area contributed by atoms with Crippen LogP contribution in [0.1, 0.15) is 48.8 Å². The van der Waals surface area contributed by atoms with Gasteiger partial charge in [-0.1, -0.05) is 17.7 Å². The number of fused-ring (bicyclic) bond motifs is 3. The van der Waals surface area contributed by atoms with Crippen molar-refractivity contribution in [3.05, 3.63) is 64.8 Å². The predicted octanol–water partition coefficient (Wildman–Crippen LogP) is 4.47. The van der Waals surface area contributed by atoms with Gasteiger partial charge in [-0.3, -0.25) is 4.57 Å². The molecule has 3 heterocycles. The fourth-order valence-electron chi connectivity index (χ4n) is 4.99. The van der Waals surface area contributed by atoms with Crippen molar-refractivity contribution in [3.63, 3.8) is 0 Å². The fraction of sp³-hybridized carbons (Fsp3) is 0.500. The zero-order chi connectivity index (χ0) is 23.5. The van der Waals surface area contributed by atoms with Crippen LogP contribution in [0.4, 0.5) is 0 Å². The van der Waals surface area contributed by atoms with E-state index in [1.165, 1.54) is 5.56 Å². The number of hydrogen-bond acceptors (Lipinski definition) is 6. The first-order chi connectivity index (χ1) is 16.6. The van der Waals surface area contributed by atoms with Crippen molar-refractivity contribution in [1.82, 2.24) is 24.6 Å². The normalized spacial score (nSPS) is 22.2. The molecule has 0 amide bonds. The van der Waals surface area contributed by atoms with Crippen molar-refractivity contribution in [2.24, 2.45) is 0 Å². The maximum absolute atomic E-state index is 6.39. The summed E-state index contributed by atoms with van der Waals surface area (Å²) in [6, 6.07) is 11.9. The van der Waals surface area contributed by atoms with Gasteiger partial charge in [-0.25, -0.2) is 4.98 Å². The van der Waals surface area contributed by atoms with Crippen LogP contribution >= 0.6 is 11.6 Å². The Bertz CT molecular complexity index is 1100. The standard InChI is InChI=1S/C26H32ClN5O2/c1-31(2)13-14-33-22-16-19-15-20(27)8-11-23(19)32-24(17-22)29-30-26(32)18-6-9-21(10-7-18)34-25-5-3-4-12-28-25/h3-5,8,11-12,15,18,21-22H,6-7,9-10,13-14,16-17H2,1-2H3/t18-,21-,22?. The zero-order valence-electron chi connectivity index (χ0n) is 19.9. The van der Waals surface area contributed by atoms with Crippen LogP contribution in [0.25, 0.3) is 5.69 Å². The van der Waals surface area contributed by atoms with Crippen molar-refractivity contribution in [2.45, 2.75) is 56.7 Å². The van der Waals surface area contributed by atoms with Crippen molar-refractivity contribution >= 4 is 11.6 Å². The second-order valence-electron chi connectivity index (χ2n) is 9.55. The number of pyridine rings is 1. The molecule has 34 heavy (non-hydrogen) atoms. The second-order valence-corrected chi connectivity index (χ2v) is 9.98. The molecule has 7 nitrogen and oxygen atoms in total. The molecular weight excluding hydrogens is 450 g/mol. The summed E-state index contributed by atoms with van der Waals surface area (Å²) in [5.41, 5.74) is 2.32. The lowest BCUT2D eigenvalue weighted by molar-refractivity contribution is 0.0443. The molecule has 2 aliphatic rings. The Kier molecular flexibility index (Phi) is 7.13. The molecule has 1 unspecified atom stereocenters. The molecule has 0 spiro atoms. The van der Waals surface area contributed by atoms with Crippen LogP contribution in [0.5, 0.6) is 5.88 Å². The minimum Gasteiger partial charge on any atom is -0.474 e. The molecule has 1 saturated carbocycles. The molecule has 1 atom stereocenters. The highest BCUT2D eigenvalue weighted by molar-refractivity contribution is 6.30. The fourth-order valence-corrected chi connectivity index (χ4v) is 5.19. The number of aromatic nitrogens is 4. The van der Waals surface area contributed by atoms with Gasteiger partial charge in [0.2, 0.25) is 5.88 Å². The molecule has 1 aromatic carbocycles. The molecule has 0 saturated heterocycles. The van der Waals surface area contributed by atoms with E-state index >= 15 is 0 Å². The van der Waals surface area contributed by atoms with Crippen LogP contribution in [-0.2, 0) is 17.6 Å². The van der Waals surface area contributed by atoms with Crippen LogP contribution in [0.2, 0.25) is 5.02 Å². The van der Waals surface area contributed by atoms with Gasteiger partial charge in [0, 0.05) is 42.6 Å². The van der Waals surface area contributed by atoms with Crippen LogP contribution in [0.15, 0.2) is 42.6 Å². The van der Waals surface area contributed by atoms with Gasteiger partial charge >= 0.3 is 0 Å². The number of rotatable bonds is 7. The summed E-state index contributed by atoms with van der Waals surface area (Å²) in [6.45, 7) is 1.58. The van der Waals surface area contributed by atoms with Gasteiger partial charge in [0.15, 0.2) is 0 Å². The lowest BCUT2D eigenvalue weighted by Gasteiger charge is -2.28. The van der Waals surface area contributed by atoms with Crippen LogP contribution < -0.4 is 4.74 Å². The number of nitrogens with zero attached hydrogens (tertiary/aromatic N) is 5. The molecule has 1 aliphatic heterocycles. The molecule has 5 rings (SSSR count). The van der Waals surface area contributed by atoms with E-state index in [9.17, 15) is 0 Å². The second kappa shape index (κ2) is 10.4. The molecule has 180 valence electrons. The Morgan fingerprint density at radius 3 is 2.65 bits per heavy atom. The largest absolute Gasteiger partial charge is 0.474 e. The summed E-state index contributed by atoms with van der Waals surface area (Å²) in [7, 11) is 4.12. The minimum absolute atomic E-state index is 0.0537. The van der Waals surface area contributed by atoms with Crippen LogP contribution in [-0.4, -0.2) is 64.1 Å². The summed E-state index contributed by atoms with van der Waals surface area (Å²) in [5.74, 6) is 3.06. The van der Waals surface area contributed by atoms with Crippen LogP contribution in [0, 0.1) is 0 Å². The van der Waals surface area contributed by atoms with Crippen molar-refractivity contribution in [2.75, 3.05) is 27.2 Å². The molecule has 0 radical (unpaired) electrons. The van der Waals surface area contributed by atoms with Gasteiger partial charge in [0.05, 0.1) is 18.4 Å². The Morgan fingerprint density at radius 2 is 1.88 bits per heavy atom. The summed E-state index contributed by atoms with van der Waals surface area (Å²) >= 11 is 6.39. The van der Waals surface area contributed by atoms with Crippen molar-refractivity contribution in [3.8, 4) is 11.6 Å². The Balaban J connectivity index is 1.35. The topological polar surface area (TPSA) is 65.3 Å². The zero-order valence-corrected chi connectivity index (χ0v) is 20.6. The van der Waals surface area contributed by atoms with E-state index < -0.39 is 0 Å². The van der Waals surface area contributed by atoms with Gasteiger partial charge in [-0.2, -0.15) is 0 Å². The molecule has 1 aliphatic carbocycles. The number of likely N-dealkylation sites (N-methyl/N-ethyl adjacent to an activating group) is 1. The lowest BCUT2D eigenvalue weighted by Crippen LogP contribution is -2.25. The van der Waals surface area contributed by atoms with E-state index in [4.69, 9.17) is 26.2 Å². The lowest BCUT2D eigenvalue weighted by atomic mass is 9.86. The summed E-state index contributed by atoms with van der Waals surface area (Å²) < 4.78 is 14.6. The predicted molar refractivity (Wildman–Crippen MR) is 132 cm³/mol. The van der Waals surface area contributed by atoms with Gasteiger partial charge in [0.1, 0.15) is 17.8 Å². The van der Waals surface area contributed by atoms with Gasteiger partial charge in [-0.05, 0) is 69.6 Å². The molecule has 8 heteroatoms. The van der Waals surface area contributed by atoms with E-state index in [1.807, 2.05) is 24.3 Å². The molecule has 2 aromatic heterocycles. The van der Waals surface area contributed by atoms with Gasteiger partial charge in [0.25, 0.3) is 0 Å². The number of benzene rings is 1. The number of hydrogen-bond donors (Lipinski definition) is 0. The average Bonchev–Trinajstić information content (AvgIpc) is 3.16. The van der Waals surface area contributed by atoms with E-state index in [0.717, 1.165) is 67.4 Å². The summed E-state index contributed by atoms with van der Waals surface area (Å²) in [5, 5.41) is 10.1. The molecule has 1 fully saturated rings. The van der Waals surface area contributed by atoms with E-state index in [2.05, 4.69) is 45.8 Å². The van der Waals surface area contributed by atoms with Crippen LogP contribution in [0.3, 0.4) is 0 Å². The van der Waals surface area contributed by atoms with Gasteiger partial charge < -0.3 is 14.4 Å². The van der Waals surface area contributed by atoms with Crippen molar-refractivity contribution in [1.29, 1.82) is 0 Å². The number of halogens is 1. The third kappa shape index (κ3) is 5.27. The minimum atomic E-state index is 0.0537. The first kappa shape index (κ1) is 23.3. The first-order valence-electron chi connectivity index (χ1n) is 12.1. The Morgan fingerprint density at radius 1 is 1.03 bits per heavy atom. The SMILES string of the molecule is CN(C)CCOC1Cc2cc(Cl)ccc2-n2c(nnc2[C@H]2CC[C@H](Oc3ccccn3)CC2)C1. The first-order valence-corrected chi connectivity index (χ1v) is 12.5. The van der Waals surface area contributed by atoms with E-state index in [1.54, 1.807) is 6.20 Å². The number of ether oxygens (including phenoxy) is 2. The highest BCUT2D eigenvalue weighted by atomic mass is 35.5. The maximum Gasteiger partial charge on any atom is 0.213 e. The quantitative estimate of drug-likeness (QED) is 0.496. The third-order valence-electron chi connectivity index (χ3n) is 6.75. The Hall–Kier alpha value is -2.48. The molecular formula is C26H32ClN5O2. The smallest absolute Gasteiger partial charge is 0.213 e. The highest BCUT2D eigenvalue weighted by Crippen LogP contribution is 2.37. The summed E-state index contributed by atoms with van der Waals surface area (Å²) in [4.78, 5) is 6.44. The van der Waals surface area contributed by atoms with E-state index in [-0.39, 0.29) is 12.2 Å². The molecule has 0 bridgehead atoms. The monoisotopic (exact) mass is 481 g/mol. The van der Waals surface area contributed by atoms with Gasteiger partial charge in [-0.15, -0.1) is 10.2 Å². The maximum atomic E-state index is 6.39. The Labute approximate surface area is 206 Å².